The lowest BCUT2D eigenvalue weighted by Gasteiger charge is -2.04. The number of hydrogen-bond acceptors (Lipinski definition) is 2. The molecule has 0 fully saturated rings. The predicted octanol–water partition coefficient (Wildman–Crippen LogP) is 3.58. The van der Waals surface area contributed by atoms with E-state index in [-0.39, 0.29) is 5.82 Å². The van der Waals surface area contributed by atoms with Gasteiger partial charge in [-0.1, -0.05) is 30.3 Å². The van der Waals surface area contributed by atoms with E-state index < -0.39 is 0 Å². The molecule has 2 aromatic rings. The molecule has 0 aliphatic rings. The van der Waals surface area contributed by atoms with Crippen molar-refractivity contribution >= 4 is 11.8 Å². The summed E-state index contributed by atoms with van der Waals surface area (Å²) >= 11 is 1.62. The van der Waals surface area contributed by atoms with E-state index in [0.717, 1.165) is 16.0 Å². The van der Waals surface area contributed by atoms with Crippen molar-refractivity contribution in [1.82, 2.24) is 0 Å². The van der Waals surface area contributed by atoms with Crippen molar-refractivity contribution < 1.29 is 4.39 Å². The van der Waals surface area contributed by atoms with Crippen molar-refractivity contribution in [3.8, 4) is 0 Å². The smallest absolute Gasteiger partial charge is 0.127 e. The summed E-state index contributed by atoms with van der Waals surface area (Å²) < 4.78 is 13.4. The molecule has 0 bridgehead atoms. The van der Waals surface area contributed by atoms with Crippen LogP contribution in [-0.4, -0.2) is 0 Å². The van der Waals surface area contributed by atoms with Crippen LogP contribution in [0.1, 0.15) is 11.1 Å². The molecule has 88 valence electrons. The maximum Gasteiger partial charge on any atom is 0.127 e. The summed E-state index contributed by atoms with van der Waals surface area (Å²) in [5, 5.41) is 0. The van der Waals surface area contributed by atoms with Crippen LogP contribution in [0.2, 0.25) is 0 Å². The topological polar surface area (TPSA) is 26.0 Å². The maximum absolute atomic E-state index is 13.4. The van der Waals surface area contributed by atoms with E-state index in [9.17, 15) is 4.39 Å². The second-order valence-electron chi connectivity index (χ2n) is 3.73. The number of nitrogens with two attached hydrogens (primary N) is 1. The van der Waals surface area contributed by atoms with Crippen LogP contribution in [-0.2, 0) is 12.3 Å². The van der Waals surface area contributed by atoms with Crippen molar-refractivity contribution in [3.05, 3.63) is 65.5 Å². The molecular formula is C14H14FNS. The summed E-state index contributed by atoms with van der Waals surface area (Å²) in [6.07, 6.45) is 0. The van der Waals surface area contributed by atoms with Crippen LogP contribution in [0.25, 0.3) is 0 Å². The van der Waals surface area contributed by atoms with Gasteiger partial charge in [0, 0.05) is 17.2 Å². The summed E-state index contributed by atoms with van der Waals surface area (Å²) in [7, 11) is 0. The largest absolute Gasteiger partial charge is 0.326 e. The normalized spacial score (nSPS) is 10.5. The highest BCUT2D eigenvalue weighted by Crippen LogP contribution is 2.24. The lowest BCUT2D eigenvalue weighted by molar-refractivity contribution is 0.617. The Bertz CT molecular complexity index is 499. The van der Waals surface area contributed by atoms with Gasteiger partial charge in [0.05, 0.1) is 0 Å². The van der Waals surface area contributed by atoms with Crippen LogP contribution in [0.15, 0.2) is 53.4 Å². The molecule has 0 radical (unpaired) electrons. The number of hydrogen-bond donors (Lipinski definition) is 1. The third-order valence-corrected chi connectivity index (χ3v) is 3.53. The fraction of sp³-hybridized carbons (Fsp3) is 0.143. The van der Waals surface area contributed by atoms with Crippen LogP contribution in [0.3, 0.4) is 0 Å². The Hall–Kier alpha value is -1.32. The summed E-state index contributed by atoms with van der Waals surface area (Å²) in [6.45, 7) is 0.536. The van der Waals surface area contributed by atoms with Crippen molar-refractivity contribution in [2.45, 2.75) is 17.2 Å². The van der Waals surface area contributed by atoms with Gasteiger partial charge in [0.25, 0.3) is 0 Å². The molecule has 1 nitrogen and oxygen atoms in total. The molecule has 0 aromatic heterocycles. The van der Waals surface area contributed by atoms with Crippen molar-refractivity contribution in [2.24, 2.45) is 5.73 Å². The number of halogens is 1. The summed E-state index contributed by atoms with van der Waals surface area (Å²) in [4.78, 5) is 1.12. The fourth-order valence-corrected chi connectivity index (χ4v) is 2.50. The van der Waals surface area contributed by atoms with Gasteiger partial charge in [-0.25, -0.2) is 4.39 Å². The molecular weight excluding hydrogens is 233 g/mol. The molecule has 2 rings (SSSR count). The van der Waals surface area contributed by atoms with Crippen LogP contribution in [0, 0.1) is 5.82 Å². The summed E-state index contributed by atoms with van der Waals surface area (Å²) in [5.41, 5.74) is 7.41. The molecule has 3 heteroatoms. The van der Waals surface area contributed by atoms with Gasteiger partial charge >= 0.3 is 0 Å². The van der Waals surface area contributed by atoms with Gasteiger partial charge in [0.1, 0.15) is 5.82 Å². The Balaban J connectivity index is 2.05. The van der Waals surface area contributed by atoms with Gasteiger partial charge in [0.2, 0.25) is 0 Å². The molecule has 0 amide bonds. The van der Waals surface area contributed by atoms with Crippen molar-refractivity contribution in [3.63, 3.8) is 0 Å². The first-order valence-corrected chi connectivity index (χ1v) is 6.43. The Labute approximate surface area is 105 Å². The monoisotopic (exact) mass is 247 g/mol. The summed E-state index contributed by atoms with van der Waals surface area (Å²) in [5.74, 6) is 0.496. The first-order valence-electron chi connectivity index (χ1n) is 5.45. The zero-order chi connectivity index (χ0) is 12.1. The quantitative estimate of drug-likeness (QED) is 0.836. The zero-order valence-electron chi connectivity index (χ0n) is 9.40. The van der Waals surface area contributed by atoms with Gasteiger partial charge < -0.3 is 5.73 Å². The molecule has 0 saturated carbocycles. The third-order valence-electron chi connectivity index (χ3n) is 2.49. The molecule has 0 aliphatic carbocycles. The SMILES string of the molecule is NCc1cccc(SCc2ccccc2F)c1. The van der Waals surface area contributed by atoms with Crippen LogP contribution < -0.4 is 5.73 Å². The van der Waals surface area contributed by atoms with Gasteiger partial charge in [0.15, 0.2) is 0 Å². The van der Waals surface area contributed by atoms with Gasteiger partial charge in [-0.15, -0.1) is 11.8 Å². The van der Waals surface area contributed by atoms with E-state index in [1.165, 1.54) is 6.07 Å². The van der Waals surface area contributed by atoms with Gasteiger partial charge in [-0.3, -0.25) is 0 Å². The highest BCUT2D eigenvalue weighted by molar-refractivity contribution is 7.98. The lowest BCUT2D eigenvalue weighted by Crippen LogP contribution is -1.95. The van der Waals surface area contributed by atoms with E-state index >= 15 is 0 Å². The van der Waals surface area contributed by atoms with Crippen LogP contribution >= 0.6 is 11.8 Å². The minimum atomic E-state index is -0.144. The second kappa shape index (κ2) is 5.84. The highest BCUT2D eigenvalue weighted by Gasteiger charge is 2.02. The highest BCUT2D eigenvalue weighted by atomic mass is 32.2. The van der Waals surface area contributed by atoms with Crippen molar-refractivity contribution in [1.29, 1.82) is 0 Å². The minimum Gasteiger partial charge on any atom is -0.326 e. The summed E-state index contributed by atoms with van der Waals surface area (Å²) in [6, 6.07) is 14.9. The maximum atomic E-state index is 13.4. The van der Waals surface area contributed by atoms with E-state index in [4.69, 9.17) is 5.73 Å². The average Bonchev–Trinajstić information content (AvgIpc) is 2.38. The lowest BCUT2D eigenvalue weighted by atomic mass is 10.2. The number of benzene rings is 2. The molecule has 0 atom stereocenters. The molecule has 17 heavy (non-hydrogen) atoms. The fourth-order valence-electron chi connectivity index (χ4n) is 1.54. The van der Waals surface area contributed by atoms with E-state index in [0.29, 0.717) is 12.3 Å². The second-order valence-corrected chi connectivity index (χ2v) is 4.78. The Morgan fingerprint density at radius 1 is 1.06 bits per heavy atom. The number of thioether (sulfide) groups is 1. The van der Waals surface area contributed by atoms with E-state index in [1.54, 1.807) is 17.8 Å². The van der Waals surface area contributed by atoms with E-state index in [1.807, 2.05) is 36.4 Å². The molecule has 0 aliphatic heterocycles. The molecule has 0 saturated heterocycles. The standard InChI is InChI=1S/C14H14FNS/c15-14-7-2-1-5-12(14)10-17-13-6-3-4-11(8-13)9-16/h1-8H,9-10,16H2. The first kappa shape index (κ1) is 12.1. The zero-order valence-corrected chi connectivity index (χ0v) is 10.2. The predicted molar refractivity (Wildman–Crippen MR) is 70.3 cm³/mol. The Morgan fingerprint density at radius 3 is 2.65 bits per heavy atom. The van der Waals surface area contributed by atoms with Crippen LogP contribution in [0.4, 0.5) is 4.39 Å². The third kappa shape index (κ3) is 3.32. The van der Waals surface area contributed by atoms with Gasteiger partial charge in [-0.2, -0.15) is 0 Å². The van der Waals surface area contributed by atoms with Crippen LogP contribution in [0.5, 0.6) is 0 Å². The molecule has 2 N–H and O–H groups in total. The average molecular weight is 247 g/mol. The molecule has 0 heterocycles. The molecule has 0 unspecified atom stereocenters. The molecule has 0 spiro atoms. The first-order chi connectivity index (χ1) is 8.29. The van der Waals surface area contributed by atoms with E-state index in [2.05, 4.69) is 0 Å². The Morgan fingerprint density at radius 2 is 1.88 bits per heavy atom. The Kier molecular flexibility index (Phi) is 4.18. The number of rotatable bonds is 4. The molecule has 2 aromatic carbocycles. The van der Waals surface area contributed by atoms with Gasteiger partial charge in [-0.05, 0) is 29.3 Å². The minimum absolute atomic E-state index is 0.144. The van der Waals surface area contributed by atoms with Crippen molar-refractivity contribution in [2.75, 3.05) is 0 Å².